The number of nitrogens with two attached hydrogens (primary N) is 1. The lowest BCUT2D eigenvalue weighted by atomic mass is 10.1. The third-order valence-electron chi connectivity index (χ3n) is 12.4. The molecule has 4 aromatic heterocycles. The van der Waals surface area contributed by atoms with Crippen LogP contribution in [0.3, 0.4) is 0 Å². The van der Waals surface area contributed by atoms with E-state index in [4.69, 9.17) is 38.8 Å². The third-order valence-corrected chi connectivity index (χ3v) is 17.2. The van der Waals surface area contributed by atoms with Crippen LogP contribution in [-0.2, 0) is 72.4 Å². The second-order valence-corrected chi connectivity index (χ2v) is 24.5. The molecule has 36 nitrogen and oxygen atoms in total. The average molecular weight is 1250 g/mol. The molecule has 0 aliphatic carbocycles. The number of nitrogen functional groups attached to an aromatic ring is 1. The smallest absolute Gasteiger partial charge is 0.394 e. The molecule has 0 bridgehead atoms. The summed E-state index contributed by atoms with van der Waals surface area (Å²) in [6, 6.07) is 0. The zero-order valence-electron chi connectivity index (χ0n) is 43.5. The largest absolute Gasteiger partial charge is 0.490 e. The molecule has 5 unspecified atom stereocenters. The molecule has 4 aromatic rings. The zero-order valence-corrected chi connectivity index (χ0v) is 47.1. The van der Waals surface area contributed by atoms with Gasteiger partial charge in [-0.3, -0.25) is 56.3 Å². The Morgan fingerprint density at radius 1 is 0.783 bits per heavy atom. The topological polar surface area (TPSA) is 514 Å². The molecule has 3 saturated heterocycles. The highest BCUT2D eigenvalue weighted by molar-refractivity contribution is 7.66. The zero-order chi connectivity index (χ0) is 60.4. The summed E-state index contributed by atoms with van der Waals surface area (Å²) in [5.74, 6) is 10.5. The summed E-state index contributed by atoms with van der Waals surface area (Å²) in [6.07, 6.45) is -0.750. The van der Waals surface area contributed by atoms with Gasteiger partial charge in [-0.1, -0.05) is 28.9 Å². The molecule has 40 heteroatoms. The van der Waals surface area contributed by atoms with E-state index in [1.54, 1.807) is 10.9 Å². The van der Waals surface area contributed by atoms with E-state index in [-0.39, 0.29) is 60.6 Å². The molecule has 12 N–H and O–H groups in total. The maximum absolute atomic E-state index is 13.0. The minimum Gasteiger partial charge on any atom is -0.394 e. The molecule has 83 heavy (non-hydrogen) atoms. The van der Waals surface area contributed by atoms with Crippen LogP contribution in [0.15, 0.2) is 48.8 Å². The molecule has 454 valence electrons. The molecule has 0 aromatic carbocycles. The van der Waals surface area contributed by atoms with E-state index in [1.165, 1.54) is 19.3 Å². The highest BCUT2D eigenvalue weighted by Gasteiger charge is 2.44. The molecule has 11 atom stereocenters. The SMILES string of the molecule is Cc1cn([C@H]2CC(OP(=O)(O)OC[C@@H]3CC[C@H](n4cc(C#CCCCCc5cn(CCCC(=O)NCC#Cc6cn([C@H]7CC(O)[C@@H](COP(=O)(O)OP(=O)(O)OP(=O)(O)O)O7)c(=O)nc6N)nn5)c(=O)[nH]c4=O)O3)[C@@H](CO)O2)c(=O)[nH]c1=O. The van der Waals surface area contributed by atoms with Gasteiger partial charge in [0, 0.05) is 62.6 Å². The van der Waals surface area contributed by atoms with Gasteiger partial charge in [-0.25, -0.2) is 32.6 Å². The summed E-state index contributed by atoms with van der Waals surface area (Å²) >= 11 is 0. The summed E-state index contributed by atoms with van der Waals surface area (Å²) in [5, 5.41) is 31.2. The number of aliphatic hydroxyl groups excluding tert-OH is 2. The Morgan fingerprint density at radius 3 is 2.19 bits per heavy atom. The highest BCUT2D eigenvalue weighted by atomic mass is 31.3. The number of phosphoric acid groups is 4. The van der Waals surface area contributed by atoms with Crippen LogP contribution < -0.4 is 39.2 Å². The van der Waals surface area contributed by atoms with Gasteiger partial charge in [0.15, 0.2) is 0 Å². The van der Waals surface area contributed by atoms with Gasteiger partial charge >= 0.3 is 48.4 Å². The molecule has 0 radical (unpaired) electrons. The number of hydrogen-bond acceptors (Lipinski definition) is 24. The molecular weight excluding hydrogens is 1190 g/mol. The van der Waals surface area contributed by atoms with Crippen LogP contribution >= 0.6 is 31.3 Å². The first-order chi connectivity index (χ1) is 39.1. The van der Waals surface area contributed by atoms with Gasteiger partial charge in [-0.2, -0.15) is 13.6 Å². The fraction of sp³-hybridized carbons (Fsp3) is 0.558. The number of nitrogens with zero attached hydrogens (tertiary/aromatic N) is 7. The third kappa shape index (κ3) is 18.8. The van der Waals surface area contributed by atoms with E-state index < -0.39 is 129 Å². The van der Waals surface area contributed by atoms with Crippen molar-refractivity contribution in [2.24, 2.45) is 0 Å². The van der Waals surface area contributed by atoms with E-state index in [9.17, 15) is 71.9 Å². The van der Waals surface area contributed by atoms with Crippen LogP contribution in [0.5, 0.6) is 0 Å². The number of rotatable bonds is 25. The summed E-state index contributed by atoms with van der Waals surface area (Å²) in [4.78, 5) is 130. The monoisotopic (exact) mass is 1250 g/mol. The number of phosphoric ester groups is 2. The average Bonchev–Trinajstić information content (AvgIpc) is 4.32. The number of hydrogen-bond donors (Lipinski definition) is 11. The van der Waals surface area contributed by atoms with Crippen molar-refractivity contribution >= 4 is 43.0 Å². The van der Waals surface area contributed by atoms with Gasteiger partial charge in [0.25, 0.3) is 11.1 Å². The number of aryl methyl sites for hydroxylation is 3. The Bertz CT molecular complexity index is 3650. The maximum atomic E-state index is 13.0. The van der Waals surface area contributed by atoms with E-state index in [2.05, 4.69) is 67.4 Å². The normalized spacial score (nSPS) is 23.8. The van der Waals surface area contributed by atoms with Gasteiger partial charge in [-0.15, -0.1) is 5.10 Å². The first-order valence-electron chi connectivity index (χ1n) is 25.0. The Hall–Kier alpha value is -5.91. The van der Waals surface area contributed by atoms with Crippen molar-refractivity contribution in [1.29, 1.82) is 0 Å². The van der Waals surface area contributed by atoms with Crippen LogP contribution in [0.25, 0.3) is 0 Å². The van der Waals surface area contributed by atoms with E-state index in [0.717, 1.165) is 19.9 Å². The lowest BCUT2D eigenvalue weighted by molar-refractivity contribution is -0.121. The van der Waals surface area contributed by atoms with Crippen LogP contribution in [0, 0.1) is 30.6 Å². The van der Waals surface area contributed by atoms with Crippen molar-refractivity contribution in [2.45, 2.75) is 127 Å². The Morgan fingerprint density at radius 2 is 1.46 bits per heavy atom. The lowest BCUT2D eigenvalue weighted by Crippen LogP contribution is -2.33. The molecule has 1 amide bonds. The molecule has 0 saturated carbocycles. The van der Waals surface area contributed by atoms with Gasteiger partial charge in [0.2, 0.25) is 5.91 Å². The molecule has 7 rings (SSSR count). The molecule has 3 aliphatic heterocycles. The number of H-pyrrole nitrogens is 2. The highest BCUT2D eigenvalue weighted by Crippen LogP contribution is 2.66. The quantitative estimate of drug-likeness (QED) is 0.0200. The van der Waals surface area contributed by atoms with Crippen LogP contribution in [-0.4, -0.2) is 141 Å². The van der Waals surface area contributed by atoms with E-state index >= 15 is 0 Å². The van der Waals surface area contributed by atoms with Crippen molar-refractivity contribution in [1.82, 2.24) is 49.0 Å². The van der Waals surface area contributed by atoms with E-state index in [1.807, 2.05) is 0 Å². The van der Waals surface area contributed by atoms with Crippen LogP contribution in [0.4, 0.5) is 5.82 Å². The lowest BCUT2D eigenvalue weighted by Gasteiger charge is -2.21. The predicted molar refractivity (Wildman–Crippen MR) is 278 cm³/mol. The summed E-state index contributed by atoms with van der Waals surface area (Å²) in [5.41, 5.74) is 3.05. The fourth-order valence-corrected chi connectivity index (χ4v) is 12.4. The molecule has 3 fully saturated rings. The number of anilines is 1. The minimum atomic E-state index is -5.79. The second kappa shape index (κ2) is 27.9. The standard InChI is InChI=1S/C43H57N11O25P4/c1-25-18-52(42(61)47-39(25)58)37-17-31(32(22-55)75-37)77-81(66,67)72-23-29-12-13-35(74-29)53-20-27(40(59)48-43(53)62)8-4-2-3-5-10-28-21-51(50-49-28)15-7-11-34(57)45-14-6-9-26-19-54(41(60)46-38(26)44)36-16-30(56)33(76-36)24-73-82(68,69)79-83(70,71)78-80(63,64)65/h18-21,29-33,35-37,55-56H,2-3,5,7,10-17,22-24H2,1H3,(H,45,57)(H,66,67)(H,68,69)(H,70,71)(H2,44,46,60)(H,47,58,61)(H,48,59,62)(H2,63,64,65)/t29-,30?,31?,32+,33+,35+,36+,37+/m0/s1. The molecular formula is C43H57N11O25P4. The van der Waals surface area contributed by atoms with Gasteiger partial charge in [-0.05, 0) is 45.4 Å². The number of unbranched alkanes of at least 4 members (excludes halogenated alkanes) is 2. The number of nitrogens with one attached hydrogen (secondary N) is 3. The number of ether oxygens (including phenoxy) is 3. The fourth-order valence-electron chi connectivity index (χ4n) is 8.43. The molecule has 7 heterocycles. The molecule has 3 aliphatic rings. The van der Waals surface area contributed by atoms with Crippen molar-refractivity contribution in [2.75, 3.05) is 32.1 Å². The van der Waals surface area contributed by atoms with Crippen molar-refractivity contribution in [3.63, 3.8) is 0 Å². The number of amides is 1. The van der Waals surface area contributed by atoms with Crippen LogP contribution in [0.1, 0.15) is 98.9 Å². The maximum Gasteiger partial charge on any atom is 0.490 e. The first-order valence-corrected chi connectivity index (χ1v) is 31.0. The number of carbonyl (C=O) groups excluding carboxylic acids is 1. The van der Waals surface area contributed by atoms with Gasteiger partial charge < -0.3 is 59.9 Å². The predicted octanol–water partition coefficient (Wildman–Crippen LogP) is -1.71. The van der Waals surface area contributed by atoms with Crippen molar-refractivity contribution in [3.8, 4) is 23.7 Å². The number of carbonyl (C=O) groups is 1. The number of aromatic nitrogens is 9. The Labute approximate surface area is 466 Å². The Kier molecular flexibility index (Phi) is 21.7. The summed E-state index contributed by atoms with van der Waals surface area (Å²) in [6.45, 7) is -0.307. The van der Waals surface area contributed by atoms with Gasteiger partial charge in [0.1, 0.15) is 48.4 Å². The van der Waals surface area contributed by atoms with E-state index in [0.29, 0.717) is 50.8 Å². The Balaban J connectivity index is 0.785. The summed E-state index contributed by atoms with van der Waals surface area (Å²) < 4.78 is 91.6. The molecule has 0 spiro atoms. The number of aliphatic hydroxyl groups is 2. The minimum absolute atomic E-state index is 0.00713. The van der Waals surface area contributed by atoms with Crippen LogP contribution in [0.2, 0.25) is 0 Å². The van der Waals surface area contributed by atoms with Crippen molar-refractivity contribution < 1.29 is 94.1 Å². The number of aromatic amines is 2. The summed E-state index contributed by atoms with van der Waals surface area (Å²) in [7, 11) is -21.7. The second-order valence-electron chi connectivity index (χ2n) is 18.6. The van der Waals surface area contributed by atoms with Gasteiger partial charge in [0.05, 0.1) is 49.8 Å². The van der Waals surface area contributed by atoms with Crippen molar-refractivity contribution in [3.05, 3.63) is 99.3 Å². The first kappa shape index (κ1) is 64.6.